The van der Waals surface area contributed by atoms with Crippen LogP contribution in [0.4, 0.5) is 4.39 Å². The highest BCUT2D eigenvalue weighted by Crippen LogP contribution is 2.30. The van der Waals surface area contributed by atoms with Crippen LogP contribution in [0.1, 0.15) is 46.0 Å². The zero-order valence-electron chi connectivity index (χ0n) is 17.6. The number of hydrogen-bond donors (Lipinski definition) is 5. The summed E-state index contributed by atoms with van der Waals surface area (Å²) < 4.78 is 18.3. The summed E-state index contributed by atoms with van der Waals surface area (Å²) >= 11 is 1.25. The Hall–Kier alpha value is -0.450. The number of halogens is 1. The van der Waals surface area contributed by atoms with Gasteiger partial charge in [-0.25, -0.2) is 0 Å². The molecule has 2 saturated heterocycles. The number of rotatable bonds is 8. The smallest absolute Gasteiger partial charge is 0.237 e. The van der Waals surface area contributed by atoms with Crippen LogP contribution in [0.2, 0.25) is 0 Å². The van der Waals surface area contributed by atoms with Crippen LogP contribution < -0.4 is 10.6 Å². The fourth-order valence-electron chi connectivity index (χ4n) is 4.25. The van der Waals surface area contributed by atoms with Crippen molar-refractivity contribution in [3.63, 3.8) is 0 Å². The maximum atomic E-state index is 12.9. The lowest BCUT2D eigenvalue weighted by molar-refractivity contribution is -0.208. The Morgan fingerprint density at radius 1 is 1.21 bits per heavy atom. The average molecular weight is 437 g/mol. The highest BCUT2D eigenvalue weighted by atomic mass is 32.2. The van der Waals surface area contributed by atoms with E-state index in [1.807, 2.05) is 13.8 Å². The second-order valence-electron chi connectivity index (χ2n) is 8.52. The molecule has 2 rings (SSSR count). The van der Waals surface area contributed by atoms with Gasteiger partial charge in [0.05, 0.1) is 18.8 Å². The lowest BCUT2D eigenvalue weighted by Crippen LogP contribution is -2.64. The van der Waals surface area contributed by atoms with Gasteiger partial charge in [0.15, 0.2) is 0 Å². The van der Waals surface area contributed by atoms with Gasteiger partial charge in [-0.1, -0.05) is 13.8 Å². The highest BCUT2D eigenvalue weighted by Gasteiger charge is 2.47. The van der Waals surface area contributed by atoms with Crippen LogP contribution in [0.15, 0.2) is 0 Å². The summed E-state index contributed by atoms with van der Waals surface area (Å²) in [6.07, 6.45) is 1.01. The SMILES string of the molecule is CS[C@H]1O[C@H](C(NC(=O)[C@@H]2CC[C@H](CCCF)CCN2)C(C)C)[C@H](O)[C@H](O)[C@H]1O. The molecule has 5 N–H and O–H groups in total. The maximum absolute atomic E-state index is 12.9. The number of carbonyl (C=O) groups is 1. The van der Waals surface area contributed by atoms with Crippen molar-refractivity contribution in [2.75, 3.05) is 19.5 Å². The molecular formula is C20H37FN2O5S. The van der Waals surface area contributed by atoms with Crippen molar-refractivity contribution in [2.24, 2.45) is 11.8 Å². The molecule has 29 heavy (non-hydrogen) atoms. The maximum Gasteiger partial charge on any atom is 0.237 e. The van der Waals surface area contributed by atoms with Crippen molar-refractivity contribution in [3.05, 3.63) is 0 Å². The summed E-state index contributed by atoms with van der Waals surface area (Å²) in [4.78, 5) is 12.9. The van der Waals surface area contributed by atoms with Gasteiger partial charge in [0.25, 0.3) is 0 Å². The van der Waals surface area contributed by atoms with Gasteiger partial charge in [0.1, 0.15) is 29.9 Å². The first-order valence-corrected chi connectivity index (χ1v) is 11.9. The van der Waals surface area contributed by atoms with E-state index < -0.39 is 35.9 Å². The number of ether oxygens (including phenoxy) is 1. The van der Waals surface area contributed by atoms with Gasteiger partial charge in [0, 0.05) is 0 Å². The molecule has 0 aromatic heterocycles. The Balaban J connectivity index is 2.01. The first-order chi connectivity index (χ1) is 13.8. The van der Waals surface area contributed by atoms with E-state index in [-0.39, 0.29) is 24.5 Å². The molecule has 2 fully saturated rings. The van der Waals surface area contributed by atoms with Crippen LogP contribution >= 0.6 is 11.8 Å². The third-order valence-corrected chi connectivity index (χ3v) is 6.94. The van der Waals surface area contributed by atoms with Crippen molar-refractivity contribution in [1.82, 2.24) is 10.6 Å². The Bertz CT molecular complexity index is 513. The summed E-state index contributed by atoms with van der Waals surface area (Å²) in [6, 6.07) is -0.860. The standard InChI is InChI=1S/C20H37FN2O5S/c1-11(2)14(18-16(25)15(24)17(26)20(28-18)29-3)23-19(27)13-7-6-12(5-4-9-21)8-10-22-13/h11-18,20,22,24-26H,4-10H2,1-3H3,(H,23,27)/t12-,13-,14?,15-,16+,17+,18+,20+/m0/s1. The first-order valence-electron chi connectivity index (χ1n) is 10.6. The number of hydrogen-bond acceptors (Lipinski definition) is 7. The quantitative estimate of drug-likeness (QED) is 0.383. The van der Waals surface area contributed by atoms with Gasteiger partial charge in [-0.2, -0.15) is 0 Å². The van der Waals surface area contributed by atoms with Gasteiger partial charge in [-0.05, 0) is 56.7 Å². The normalized spacial score (nSPS) is 37.2. The number of amides is 1. The molecule has 2 aliphatic rings. The second kappa shape index (κ2) is 11.8. The zero-order chi connectivity index (χ0) is 21.6. The number of carbonyl (C=O) groups excluding carboxylic acids is 1. The van der Waals surface area contributed by atoms with Crippen molar-refractivity contribution in [2.45, 2.75) is 87.9 Å². The van der Waals surface area contributed by atoms with E-state index in [0.29, 0.717) is 25.3 Å². The molecule has 0 aromatic carbocycles. The predicted molar refractivity (Wildman–Crippen MR) is 111 cm³/mol. The van der Waals surface area contributed by atoms with Gasteiger partial charge in [-0.3, -0.25) is 9.18 Å². The van der Waals surface area contributed by atoms with E-state index in [9.17, 15) is 24.5 Å². The van der Waals surface area contributed by atoms with Crippen LogP contribution in [-0.2, 0) is 9.53 Å². The third-order valence-electron chi connectivity index (χ3n) is 6.09. The van der Waals surface area contributed by atoms with Crippen LogP contribution in [0, 0.1) is 11.8 Å². The van der Waals surface area contributed by atoms with Crippen LogP contribution in [0.5, 0.6) is 0 Å². The number of aliphatic hydroxyl groups is 3. The molecule has 2 aliphatic heterocycles. The summed E-state index contributed by atoms with van der Waals surface area (Å²) in [5, 5.41) is 37.1. The van der Waals surface area contributed by atoms with Gasteiger partial charge in [0.2, 0.25) is 5.91 Å². The van der Waals surface area contributed by atoms with Crippen LogP contribution in [0.3, 0.4) is 0 Å². The van der Waals surface area contributed by atoms with Gasteiger partial charge in [-0.15, -0.1) is 11.8 Å². The van der Waals surface area contributed by atoms with E-state index in [2.05, 4.69) is 10.6 Å². The molecule has 9 heteroatoms. The number of aliphatic hydroxyl groups excluding tert-OH is 3. The van der Waals surface area contributed by atoms with Crippen LogP contribution in [0.25, 0.3) is 0 Å². The van der Waals surface area contributed by atoms with Gasteiger partial charge >= 0.3 is 0 Å². The molecule has 170 valence electrons. The van der Waals surface area contributed by atoms with Crippen molar-refractivity contribution in [3.8, 4) is 0 Å². The molecule has 1 unspecified atom stereocenters. The first kappa shape index (κ1) is 24.8. The molecule has 0 spiro atoms. The predicted octanol–water partition coefficient (Wildman–Crippen LogP) is 0.806. The van der Waals surface area contributed by atoms with Crippen molar-refractivity contribution < 1.29 is 29.2 Å². The summed E-state index contributed by atoms with van der Waals surface area (Å²) in [7, 11) is 0. The summed E-state index contributed by atoms with van der Waals surface area (Å²) in [6.45, 7) is 4.24. The average Bonchev–Trinajstić information content (AvgIpc) is 2.95. The number of thioether (sulfide) groups is 1. The fourth-order valence-corrected chi connectivity index (χ4v) is 4.93. The molecule has 7 nitrogen and oxygen atoms in total. The highest BCUT2D eigenvalue weighted by molar-refractivity contribution is 7.99. The lowest BCUT2D eigenvalue weighted by Gasteiger charge is -2.44. The minimum Gasteiger partial charge on any atom is -0.388 e. The topological polar surface area (TPSA) is 111 Å². The second-order valence-corrected chi connectivity index (χ2v) is 9.46. The molecule has 0 aliphatic carbocycles. The summed E-state index contributed by atoms with van der Waals surface area (Å²) in [5.74, 6) is 0.220. The molecule has 0 saturated carbocycles. The Kier molecular flexibility index (Phi) is 10.1. The molecule has 0 bridgehead atoms. The Morgan fingerprint density at radius 2 is 1.93 bits per heavy atom. The Labute approximate surface area is 177 Å². The minimum atomic E-state index is -1.34. The molecule has 0 radical (unpaired) electrons. The molecule has 1 amide bonds. The molecule has 0 aromatic rings. The van der Waals surface area contributed by atoms with Crippen molar-refractivity contribution >= 4 is 17.7 Å². The van der Waals surface area contributed by atoms with E-state index in [4.69, 9.17) is 4.74 Å². The number of alkyl halides is 1. The van der Waals surface area contributed by atoms with E-state index >= 15 is 0 Å². The third kappa shape index (κ3) is 6.51. The monoisotopic (exact) mass is 436 g/mol. The van der Waals surface area contributed by atoms with E-state index in [0.717, 1.165) is 19.3 Å². The lowest BCUT2D eigenvalue weighted by atomic mass is 9.88. The van der Waals surface area contributed by atoms with Crippen LogP contribution in [-0.4, -0.2) is 82.6 Å². The minimum absolute atomic E-state index is 0.0494. The van der Waals surface area contributed by atoms with Crippen molar-refractivity contribution in [1.29, 1.82) is 0 Å². The van der Waals surface area contributed by atoms with E-state index in [1.54, 1.807) is 6.26 Å². The number of nitrogens with one attached hydrogen (secondary N) is 2. The fraction of sp³-hybridized carbons (Fsp3) is 0.950. The summed E-state index contributed by atoms with van der Waals surface area (Å²) in [5.41, 5.74) is -0.677. The largest absolute Gasteiger partial charge is 0.388 e. The molecular weight excluding hydrogens is 399 g/mol. The van der Waals surface area contributed by atoms with Gasteiger partial charge < -0.3 is 30.7 Å². The molecule has 2 heterocycles. The molecule has 8 atom stereocenters. The van der Waals surface area contributed by atoms with E-state index in [1.165, 1.54) is 11.8 Å². The zero-order valence-corrected chi connectivity index (χ0v) is 18.4. The Morgan fingerprint density at radius 3 is 2.55 bits per heavy atom.